The van der Waals surface area contributed by atoms with Crippen LogP contribution in [0.2, 0.25) is 0 Å². The van der Waals surface area contributed by atoms with Crippen LogP contribution in [-0.2, 0) is 10.0 Å². The van der Waals surface area contributed by atoms with Gasteiger partial charge >= 0.3 is 0 Å². The second kappa shape index (κ2) is 7.35. The number of phenolic OH excluding ortho intramolecular Hbond substituents is 1. The fraction of sp³-hybridized carbons (Fsp3) is 0.235. The number of nitrogens with one attached hydrogen (secondary N) is 1. The first-order valence-electron chi connectivity index (χ1n) is 7.41. The van der Waals surface area contributed by atoms with Gasteiger partial charge in [-0.2, -0.15) is 13.5 Å². The molecule has 0 fully saturated rings. The van der Waals surface area contributed by atoms with E-state index in [2.05, 4.69) is 9.93 Å². The maximum Gasteiger partial charge on any atom is 0.276 e. The van der Waals surface area contributed by atoms with Crippen molar-refractivity contribution in [2.45, 2.75) is 25.7 Å². The highest BCUT2D eigenvalue weighted by Crippen LogP contribution is 2.22. The van der Waals surface area contributed by atoms with Crippen LogP contribution in [0.5, 0.6) is 11.5 Å². The van der Waals surface area contributed by atoms with Crippen molar-refractivity contribution in [1.82, 2.24) is 4.83 Å². The number of aryl methyl sites for hydroxylation is 2. The molecule has 2 rings (SSSR count). The second-order valence-electron chi connectivity index (χ2n) is 5.28. The van der Waals surface area contributed by atoms with Gasteiger partial charge < -0.3 is 9.84 Å². The number of aromatic hydroxyl groups is 1. The summed E-state index contributed by atoms with van der Waals surface area (Å²) in [7, 11) is -3.77. The van der Waals surface area contributed by atoms with Gasteiger partial charge in [-0.25, -0.2) is 4.83 Å². The average molecular weight is 348 g/mol. The first-order valence-corrected chi connectivity index (χ1v) is 8.89. The molecule has 0 aromatic heterocycles. The predicted molar refractivity (Wildman–Crippen MR) is 93.1 cm³/mol. The van der Waals surface area contributed by atoms with E-state index in [1.807, 2.05) is 19.9 Å². The summed E-state index contributed by atoms with van der Waals surface area (Å²) in [4.78, 5) is 2.33. The van der Waals surface area contributed by atoms with E-state index in [1.54, 1.807) is 31.2 Å². The SMILES string of the molecule is CCOc1ccc(/C=N/NS(=O)(=O)c2cc(C)ccc2C)c(O)c1. The second-order valence-corrected chi connectivity index (χ2v) is 6.90. The lowest BCUT2D eigenvalue weighted by atomic mass is 10.2. The summed E-state index contributed by atoms with van der Waals surface area (Å²) in [5.41, 5.74) is 1.85. The van der Waals surface area contributed by atoms with Crippen LogP contribution in [0.4, 0.5) is 0 Å². The fourth-order valence-corrected chi connectivity index (χ4v) is 3.22. The number of phenols is 1. The molecule has 0 amide bonds. The fourth-order valence-electron chi connectivity index (χ4n) is 2.10. The molecule has 0 saturated carbocycles. The Hall–Kier alpha value is -2.54. The third kappa shape index (κ3) is 4.26. The molecule has 0 aliphatic carbocycles. The zero-order valence-corrected chi connectivity index (χ0v) is 14.6. The van der Waals surface area contributed by atoms with Crippen LogP contribution in [-0.4, -0.2) is 26.3 Å². The van der Waals surface area contributed by atoms with Crippen LogP contribution >= 0.6 is 0 Å². The molecule has 0 saturated heterocycles. The number of hydrazone groups is 1. The van der Waals surface area contributed by atoms with Gasteiger partial charge in [0.25, 0.3) is 10.0 Å². The highest BCUT2D eigenvalue weighted by Gasteiger charge is 2.15. The molecule has 0 aliphatic heterocycles. The zero-order chi connectivity index (χ0) is 17.7. The van der Waals surface area contributed by atoms with Gasteiger partial charge in [0.1, 0.15) is 11.5 Å². The van der Waals surface area contributed by atoms with Crippen LogP contribution < -0.4 is 9.57 Å². The standard InChI is InChI=1S/C17H20N2O4S/c1-4-23-15-8-7-14(16(20)10-15)11-18-19-24(21,22)17-9-12(2)5-6-13(17)3/h5-11,19-20H,4H2,1-3H3/b18-11+. The molecule has 0 atom stereocenters. The minimum absolute atomic E-state index is 0.0457. The highest BCUT2D eigenvalue weighted by atomic mass is 32.2. The van der Waals surface area contributed by atoms with Crippen LogP contribution in [0, 0.1) is 13.8 Å². The van der Waals surface area contributed by atoms with E-state index in [4.69, 9.17) is 4.74 Å². The minimum atomic E-state index is -3.77. The summed E-state index contributed by atoms with van der Waals surface area (Å²) >= 11 is 0. The Morgan fingerprint density at radius 3 is 2.62 bits per heavy atom. The van der Waals surface area contributed by atoms with Gasteiger partial charge in [0, 0.05) is 11.6 Å². The lowest BCUT2D eigenvalue weighted by Crippen LogP contribution is -2.19. The third-order valence-corrected chi connectivity index (χ3v) is 4.69. The molecule has 2 N–H and O–H groups in total. The Balaban J connectivity index is 2.17. The molecule has 2 aromatic rings. The molecule has 128 valence electrons. The maximum atomic E-state index is 12.3. The van der Waals surface area contributed by atoms with Gasteiger partial charge in [-0.05, 0) is 50.1 Å². The van der Waals surface area contributed by atoms with Crippen molar-refractivity contribution < 1.29 is 18.3 Å². The van der Waals surface area contributed by atoms with Gasteiger partial charge in [0.05, 0.1) is 17.7 Å². The molecule has 0 aliphatic rings. The number of benzene rings is 2. The Bertz CT molecular complexity index is 861. The monoisotopic (exact) mass is 348 g/mol. The number of nitrogens with zero attached hydrogens (tertiary/aromatic N) is 1. The van der Waals surface area contributed by atoms with Crippen LogP contribution in [0.3, 0.4) is 0 Å². The molecular weight excluding hydrogens is 328 g/mol. The minimum Gasteiger partial charge on any atom is -0.507 e. The summed E-state index contributed by atoms with van der Waals surface area (Å²) in [5, 5.41) is 13.6. The van der Waals surface area contributed by atoms with Crippen molar-refractivity contribution >= 4 is 16.2 Å². The summed E-state index contributed by atoms with van der Waals surface area (Å²) in [5.74, 6) is 0.485. The molecule has 7 heteroatoms. The normalized spacial score (nSPS) is 11.6. The lowest BCUT2D eigenvalue weighted by Gasteiger charge is -2.08. The summed E-state index contributed by atoms with van der Waals surface area (Å²) in [6, 6.07) is 9.88. The Morgan fingerprint density at radius 1 is 1.21 bits per heavy atom. The topological polar surface area (TPSA) is 88.0 Å². The van der Waals surface area contributed by atoms with E-state index in [0.717, 1.165) is 5.56 Å². The smallest absolute Gasteiger partial charge is 0.276 e. The van der Waals surface area contributed by atoms with Crippen molar-refractivity contribution in [2.75, 3.05) is 6.61 Å². The average Bonchev–Trinajstić information content (AvgIpc) is 2.52. The molecule has 0 unspecified atom stereocenters. The molecule has 0 bridgehead atoms. The Labute approximate surface area is 141 Å². The number of hydrogen-bond acceptors (Lipinski definition) is 5. The Morgan fingerprint density at radius 2 is 1.96 bits per heavy atom. The maximum absolute atomic E-state index is 12.3. The number of ether oxygens (including phenoxy) is 1. The largest absolute Gasteiger partial charge is 0.507 e. The van der Waals surface area contributed by atoms with Crippen molar-refractivity contribution in [2.24, 2.45) is 5.10 Å². The van der Waals surface area contributed by atoms with Crippen LogP contribution in [0.25, 0.3) is 0 Å². The van der Waals surface area contributed by atoms with E-state index in [9.17, 15) is 13.5 Å². The number of sulfonamides is 1. The highest BCUT2D eigenvalue weighted by molar-refractivity contribution is 7.89. The molecule has 6 nitrogen and oxygen atoms in total. The summed E-state index contributed by atoms with van der Waals surface area (Å²) in [6.45, 7) is 5.87. The molecule has 0 heterocycles. The third-order valence-electron chi connectivity index (χ3n) is 3.32. The Kier molecular flexibility index (Phi) is 5.46. The van der Waals surface area contributed by atoms with E-state index < -0.39 is 10.0 Å². The quantitative estimate of drug-likeness (QED) is 0.621. The predicted octanol–water partition coefficient (Wildman–Crippen LogP) is 2.72. The first kappa shape index (κ1) is 17.8. The molecule has 24 heavy (non-hydrogen) atoms. The van der Waals surface area contributed by atoms with Gasteiger partial charge in [-0.15, -0.1) is 0 Å². The van der Waals surface area contributed by atoms with E-state index in [0.29, 0.717) is 23.5 Å². The van der Waals surface area contributed by atoms with Crippen molar-refractivity contribution in [3.63, 3.8) is 0 Å². The number of hydrogen-bond donors (Lipinski definition) is 2. The summed E-state index contributed by atoms with van der Waals surface area (Å²) in [6.07, 6.45) is 1.24. The van der Waals surface area contributed by atoms with Gasteiger partial charge in [-0.3, -0.25) is 0 Å². The van der Waals surface area contributed by atoms with E-state index in [1.165, 1.54) is 12.3 Å². The van der Waals surface area contributed by atoms with E-state index in [-0.39, 0.29) is 10.6 Å². The van der Waals surface area contributed by atoms with E-state index >= 15 is 0 Å². The number of rotatable bonds is 6. The van der Waals surface area contributed by atoms with Crippen LogP contribution in [0.15, 0.2) is 46.4 Å². The zero-order valence-electron chi connectivity index (χ0n) is 13.8. The molecule has 0 spiro atoms. The van der Waals surface area contributed by atoms with Crippen molar-refractivity contribution in [1.29, 1.82) is 0 Å². The van der Waals surface area contributed by atoms with Gasteiger partial charge in [0.2, 0.25) is 0 Å². The van der Waals surface area contributed by atoms with Crippen molar-refractivity contribution in [3.8, 4) is 11.5 Å². The summed E-state index contributed by atoms with van der Waals surface area (Å²) < 4.78 is 29.9. The first-order chi connectivity index (χ1) is 11.3. The van der Waals surface area contributed by atoms with Crippen LogP contribution in [0.1, 0.15) is 23.6 Å². The lowest BCUT2D eigenvalue weighted by molar-refractivity contribution is 0.337. The molecule has 2 aromatic carbocycles. The molecular formula is C17H20N2O4S. The van der Waals surface area contributed by atoms with Gasteiger partial charge in [0.15, 0.2) is 0 Å². The van der Waals surface area contributed by atoms with Crippen molar-refractivity contribution in [3.05, 3.63) is 53.1 Å². The van der Waals surface area contributed by atoms with Gasteiger partial charge in [-0.1, -0.05) is 12.1 Å². The molecule has 0 radical (unpaired) electrons.